The van der Waals surface area contributed by atoms with Crippen LogP contribution in [0.2, 0.25) is 0 Å². The van der Waals surface area contributed by atoms with Crippen LogP contribution in [0, 0.1) is 0 Å². The molecule has 1 amide bonds. The number of unbranched alkanes of at least 4 members (excludes halogenated alkanes) is 1. The summed E-state index contributed by atoms with van der Waals surface area (Å²) in [6.45, 7) is 2.86. The maximum absolute atomic E-state index is 12.8. The van der Waals surface area contributed by atoms with Crippen LogP contribution < -0.4 is 10.1 Å². The summed E-state index contributed by atoms with van der Waals surface area (Å²) in [5.74, 6) is 0.748. The molecule has 0 atom stereocenters. The van der Waals surface area contributed by atoms with Crippen LogP contribution in [0.5, 0.6) is 5.75 Å². The normalized spacial score (nSPS) is 10.5. The number of carbonyl (C=O) groups excluding carboxylic acids is 1. The first kappa shape index (κ1) is 19.7. The molecule has 0 saturated carbocycles. The average Bonchev–Trinajstić information content (AvgIpc) is 2.74. The molecule has 0 saturated heterocycles. The molecule has 144 valence electrons. The third-order valence-electron chi connectivity index (χ3n) is 4.67. The second-order valence-electron chi connectivity index (χ2n) is 6.82. The average molecular weight is 373 g/mol. The van der Waals surface area contributed by atoms with E-state index in [4.69, 9.17) is 4.74 Å². The molecule has 3 heteroatoms. The molecular weight excluding hydrogens is 346 g/mol. The third kappa shape index (κ3) is 5.71. The van der Waals surface area contributed by atoms with Gasteiger partial charge in [-0.25, -0.2) is 0 Å². The van der Waals surface area contributed by atoms with Crippen molar-refractivity contribution >= 4 is 11.6 Å². The molecule has 0 heterocycles. The van der Waals surface area contributed by atoms with Gasteiger partial charge in [0.2, 0.25) is 0 Å². The minimum Gasteiger partial charge on any atom is -0.494 e. The Bertz CT molecular complexity index is 873. The van der Waals surface area contributed by atoms with Crippen LogP contribution in [0.1, 0.15) is 41.3 Å². The van der Waals surface area contributed by atoms with Gasteiger partial charge in [0.05, 0.1) is 6.61 Å². The fraction of sp³-hybridized carbons (Fsp3) is 0.240. The molecular formula is C25H27NO2. The van der Waals surface area contributed by atoms with Crippen molar-refractivity contribution in [2.24, 2.45) is 0 Å². The number of rotatable bonds is 9. The second kappa shape index (κ2) is 10.3. The summed E-state index contributed by atoms with van der Waals surface area (Å²) in [6, 6.07) is 25.7. The predicted octanol–water partition coefficient (Wildman–Crippen LogP) is 5.90. The Hall–Kier alpha value is -3.07. The van der Waals surface area contributed by atoms with Crippen molar-refractivity contribution < 1.29 is 9.53 Å². The lowest BCUT2D eigenvalue weighted by molar-refractivity contribution is 0.102. The molecule has 0 aliphatic carbocycles. The fourth-order valence-electron chi connectivity index (χ4n) is 3.05. The van der Waals surface area contributed by atoms with Gasteiger partial charge in [-0.15, -0.1) is 0 Å². The Balaban J connectivity index is 1.62. The van der Waals surface area contributed by atoms with E-state index in [0.29, 0.717) is 0 Å². The fourth-order valence-corrected chi connectivity index (χ4v) is 3.05. The lowest BCUT2D eigenvalue weighted by atomic mass is 9.99. The summed E-state index contributed by atoms with van der Waals surface area (Å²) >= 11 is 0. The Morgan fingerprint density at radius 1 is 0.857 bits per heavy atom. The number of hydrogen-bond donors (Lipinski definition) is 1. The summed E-state index contributed by atoms with van der Waals surface area (Å²) in [5.41, 5.74) is 3.83. The summed E-state index contributed by atoms with van der Waals surface area (Å²) in [5, 5.41) is 3.00. The van der Waals surface area contributed by atoms with Crippen LogP contribution in [-0.4, -0.2) is 12.5 Å². The van der Waals surface area contributed by atoms with E-state index >= 15 is 0 Å². The van der Waals surface area contributed by atoms with Gasteiger partial charge in [-0.05, 0) is 60.7 Å². The van der Waals surface area contributed by atoms with Crippen LogP contribution >= 0.6 is 0 Å². The lowest BCUT2D eigenvalue weighted by Gasteiger charge is -2.11. The van der Waals surface area contributed by atoms with Gasteiger partial charge >= 0.3 is 0 Å². The van der Waals surface area contributed by atoms with Crippen LogP contribution in [0.25, 0.3) is 0 Å². The molecule has 3 aromatic rings. The molecule has 0 aliphatic heterocycles. The molecule has 3 rings (SSSR count). The molecule has 0 unspecified atom stereocenters. The minimum absolute atomic E-state index is 0.0803. The standard InChI is InChI=1S/C25H27NO2/c1-2-3-19-28-23-17-15-22(16-18-23)26-25(27)24-12-8-7-11-21(24)14-13-20-9-5-4-6-10-20/h4-12,15-18H,2-3,13-14,19H2,1H3,(H,26,27). The molecule has 0 spiro atoms. The smallest absolute Gasteiger partial charge is 0.255 e. The van der Waals surface area contributed by atoms with E-state index in [-0.39, 0.29) is 5.91 Å². The van der Waals surface area contributed by atoms with Crippen LogP contribution in [0.15, 0.2) is 78.9 Å². The van der Waals surface area contributed by atoms with Gasteiger partial charge in [-0.1, -0.05) is 61.9 Å². The summed E-state index contributed by atoms with van der Waals surface area (Å²) in [4.78, 5) is 12.8. The monoisotopic (exact) mass is 373 g/mol. The van der Waals surface area contributed by atoms with Crippen molar-refractivity contribution in [3.63, 3.8) is 0 Å². The number of benzene rings is 3. The number of ether oxygens (including phenoxy) is 1. The van der Waals surface area contributed by atoms with E-state index in [0.717, 1.165) is 54.9 Å². The number of hydrogen-bond acceptors (Lipinski definition) is 2. The number of aryl methyl sites for hydroxylation is 2. The summed E-state index contributed by atoms with van der Waals surface area (Å²) < 4.78 is 5.67. The highest BCUT2D eigenvalue weighted by Crippen LogP contribution is 2.19. The van der Waals surface area contributed by atoms with Crippen molar-refractivity contribution in [1.29, 1.82) is 0 Å². The maximum Gasteiger partial charge on any atom is 0.255 e. The van der Waals surface area contributed by atoms with E-state index < -0.39 is 0 Å². The van der Waals surface area contributed by atoms with E-state index in [1.54, 1.807) is 0 Å². The van der Waals surface area contributed by atoms with Crippen molar-refractivity contribution in [3.8, 4) is 5.75 Å². The van der Waals surface area contributed by atoms with Gasteiger partial charge in [0, 0.05) is 11.3 Å². The molecule has 0 bridgehead atoms. The topological polar surface area (TPSA) is 38.3 Å². The van der Waals surface area contributed by atoms with Crippen LogP contribution in [0.4, 0.5) is 5.69 Å². The first-order chi connectivity index (χ1) is 13.8. The summed E-state index contributed by atoms with van der Waals surface area (Å²) in [7, 11) is 0. The van der Waals surface area contributed by atoms with Gasteiger partial charge < -0.3 is 10.1 Å². The molecule has 0 radical (unpaired) electrons. The van der Waals surface area contributed by atoms with Gasteiger partial charge in [0.1, 0.15) is 5.75 Å². The molecule has 1 N–H and O–H groups in total. The second-order valence-corrected chi connectivity index (χ2v) is 6.82. The molecule has 0 fully saturated rings. The molecule has 0 aliphatic rings. The first-order valence-electron chi connectivity index (χ1n) is 9.92. The van der Waals surface area contributed by atoms with Gasteiger partial charge in [0.25, 0.3) is 5.91 Å². The Labute approximate surface area is 167 Å². The lowest BCUT2D eigenvalue weighted by Crippen LogP contribution is -2.14. The predicted molar refractivity (Wildman–Crippen MR) is 115 cm³/mol. The highest BCUT2D eigenvalue weighted by atomic mass is 16.5. The Morgan fingerprint density at radius 2 is 1.57 bits per heavy atom. The van der Waals surface area contributed by atoms with E-state index in [2.05, 4.69) is 24.4 Å². The van der Waals surface area contributed by atoms with E-state index in [9.17, 15) is 4.79 Å². The highest BCUT2D eigenvalue weighted by Gasteiger charge is 2.11. The zero-order chi connectivity index (χ0) is 19.6. The van der Waals surface area contributed by atoms with E-state index in [1.165, 1.54) is 5.56 Å². The Kier molecular flexibility index (Phi) is 7.25. The van der Waals surface area contributed by atoms with Crippen LogP contribution in [0.3, 0.4) is 0 Å². The molecule has 3 aromatic carbocycles. The van der Waals surface area contributed by atoms with Gasteiger partial charge in [0.15, 0.2) is 0 Å². The Morgan fingerprint density at radius 3 is 2.32 bits per heavy atom. The highest BCUT2D eigenvalue weighted by molar-refractivity contribution is 6.05. The first-order valence-corrected chi connectivity index (χ1v) is 9.92. The third-order valence-corrected chi connectivity index (χ3v) is 4.67. The van der Waals surface area contributed by atoms with Crippen molar-refractivity contribution in [1.82, 2.24) is 0 Å². The zero-order valence-corrected chi connectivity index (χ0v) is 16.4. The number of anilines is 1. The number of amides is 1. The molecule has 3 nitrogen and oxygen atoms in total. The van der Waals surface area contributed by atoms with Gasteiger partial charge in [-0.2, -0.15) is 0 Å². The van der Waals surface area contributed by atoms with Crippen molar-refractivity contribution in [2.45, 2.75) is 32.6 Å². The van der Waals surface area contributed by atoms with E-state index in [1.807, 2.05) is 66.7 Å². The molecule has 0 aromatic heterocycles. The number of carbonyl (C=O) groups is 1. The number of nitrogens with one attached hydrogen (secondary N) is 1. The maximum atomic E-state index is 12.8. The van der Waals surface area contributed by atoms with Crippen molar-refractivity contribution in [3.05, 3.63) is 95.6 Å². The summed E-state index contributed by atoms with van der Waals surface area (Å²) in [6.07, 6.45) is 3.89. The van der Waals surface area contributed by atoms with Gasteiger partial charge in [-0.3, -0.25) is 4.79 Å². The molecule has 28 heavy (non-hydrogen) atoms. The zero-order valence-electron chi connectivity index (χ0n) is 16.4. The largest absolute Gasteiger partial charge is 0.494 e. The minimum atomic E-state index is -0.0803. The van der Waals surface area contributed by atoms with Crippen molar-refractivity contribution in [2.75, 3.05) is 11.9 Å². The SMILES string of the molecule is CCCCOc1ccc(NC(=O)c2ccccc2CCc2ccccc2)cc1. The quantitative estimate of drug-likeness (QED) is 0.474. The van der Waals surface area contributed by atoms with Crippen LogP contribution in [-0.2, 0) is 12.8 Å².